The van der Waals surface area contributed by atoms with Gasteiger partial charge in [-0.15, -0.1) is 0 Å². The summed E-state index contributed by atoms with van der Waals surface area (Å²) in [6.45, 7) is 1.84. The van der Waals surface area contributed by atoms with Crippen LogP contribution in [-0.2, 0) is 28.3 Å². The van der Waals surface area contributed by atoms with Crippen LogP contribution in [0.3, 0.4) is 0 Å². The van der Waals surface area contributed by atoms with Gasteiger partial charge in [-0.3, -0.25) is 4.79 Å². The summed E-state index contributed by atoms with van der Waals surface area (Å²) in [5.74, 6) is -0.488. The molecule has 33 heavy (non-hydrogen) atoms. The topological polar surface area (TPSA) is 52.3 Å². The average Bonchev–Trinajstić information content (AvgIpc) is 2.73. The first-order valence-corrected chi connectivity index (χ1v) is 9.83. The van der Waals surface area contributed by atoms with Gasteiger partial charge in [0, 0.05) is 11.3 Å². The van der Waals surface area contributed by atoms with Crippen LogP contribution in [-0.4, -0.2) is 12.6 Å². The van der Waals surface area contributed by atoms with Crippen LogP contribution >= 0.6 is 0 Å². The third-order valence-electron chi connectivity index (χ3n) is 4.93. The van der Waals surface area contributed by atoms with E-state index in [1.807, 2.05) is 0 Å². The molecule has 0 bridgehead atoms. The van der Waals surface area contributed by atoms with Gasteiger partial charge < -0.3 is 10.5 Å². The fraction of sp³-hybridized carbons (Fsp3) is 0.208. The zero-order valence-electron chi connectivity index (χ0n) is 17.3. The highest BCUT2D eigenvalue weighted by atomic mass is 19.4. The minimum absolute atomic E-state index is 0.0791. The molecule has 174 valence electrons. The van der Waals surface area contributed by atoms with Crippen molar-refractivity contribution in [2.24, 2.45) is 0 Å². The predicted octanol–water partition coefficient (Wildman–Crippen LogP) is 6.75. The molecule has 9 heteroatoms. The normalized spacial score (nSPS) is 12.0. The van der Waals surface area contributed by atoms with Crippen molar-refractivity contribution < 1.29 is 35.9 Å². The third kappa shape index (κ3) is 5.66. The van der Waals surface area contributed by atoms with Gasteiger partial charge in [-0.1, -0.05) is 30.3 Å². The van der Waals surface area contributed by atoms with Crippen molar-refractivity contribution in [2.75, 3.05) is 12.3 Å². The van der Waals surface area contributed by atoms with Crippen molar-refractivity contribution in [2.45, 2.75) is 25.7 Å². The maximum Gasteiger partial charge on any atom is 0.416 e. The zero-order valence-corrected chi connectivity index (χ0v) is 17.3. The van der Waals surface area contributed by atoms with Crippen LogP contribution in [0.5, 0.6) is 0 Å². The lowest BCUT2D eigenvalue weighted by Gasteiger charge is -2.16. The Bertz CT molecular complexity index is 1150. The number of benzene rings is 3. The standard InChI is InChI=1S/C24H19F6NO2/c1-2-33-22(32)12-14-3-9-18(19-10-8-17(13-21(19)31)24(28,29)30)20(11-14)15-4-6-16(7-5-15)23(25,26)27/h3-11,13H,2,12,31H2,1H3. The van der Waals surface area contributed by atoms with E-state index in [2.05, 4.69) is 0 Å². The lowest BCUT2D eigenvalue weighted by molar-refractivity contribution is -0.142. The molecule has 0 saturated heterocycles. The minimum Gasteiger partial charge on any atom is -0.466 e. The molecule has 3 rings (SSSR count). The van der Waals surface area contributed by atoms with Crippen molar-refractivity contribution in [1.29, 1.82) is 0 Å². The summed E-state index contributed by atoms with van der Waals surface area (Å²) < 4.78 is 82.9. The van der Waals surface area contributed by atoms with Gasteiger partial charge in [0.2, 0.25) is 0 Å². The number of anilines is 1. The van der Waals surface area contributed by atoms with E-state index in [1.165, 1.54) is 18.2 Å². The summed E-state index contributed by atoms with van der Waals surface area (Å²) in [7, 11) is 0. The molecule has 0 unspecified atom stereocenters. The monoisotopic (exact) mass is 467 g/mol. The maximum atomic E-state index is 13.0. The van der Waals surface area contributed by atoms with Gasteiger partial charge in [0.15, 0.2) is 0 Å². The highest BCUT2D eigenvalue weighted by molar-refractivity contribution is 5.89. The predicted molar refractivity (Wildman–Crippen MR) is 112 cm³/mol. The first-order valence-electron chi connectivity index (χ1n) is 9.83. The van der Waals surface area contributed by atoms with Crippen LogP contribution in [0.15, 0.2) is 60.7 Å². The van der Waals surface area contributed by atoms with E-state index < -0.39 is 29.4 Å². The third-order valence-corrected chi connectivity index (χ3v) is 4.93. The van der Waals surface area contributed by atoms with Gasteiger partial charge in [-0.2, -0.15) is 26.3 Å². The molecule has 0 aliphatic heterocycles. The number of hydrogen-bond acceptors (Lipinski definition) is 3. The number of nitrogen functional groups attached to an aromatic ring is 1. The molecule has 0 radical (unpaired) electrons. The molecule has 0 aromatic heterocycles. The molecule has 3 aromatic carbocycles. The highest BCUT2D eigenvalue weighted by Gasteiger charge is 2.31. The van der Waals surface area contributed by atoms with Crippen LogP contribution < -0.4 is 5.73 Å². The molecule has 0 atom stereocenters. The van der Waals surface area contributed by atoms with Crippen molar-refractivity contribution in [1.82, 2.24) is 0 Å². The number of nitrogens with two attached hydrogens (primary N) is 1. The Balaban J connectivity index is 2.13. The van der Waals surface area contributed by atoms with Gasteiger partial charge in [-0.25, -0.2) is 0 Å². The molecular formula is C24H19F6NO2. The number of esters is 1. The highest BCUT2D eigenvalue weighted by Crippen LogP contribution is 2.40. The number of rotatable bonds is 5. The van der Waals surface area contributed by atoms with Crippen molar-refractivity contribution in [3.8, 4) is 22.3 Å². The van der Waals surface area contributed by atoms with E-state index in [-0.39, 0.29) is 24.3 Å². The molecule has 0 amide bonds. The molecule has 0 heterocycles. The van der Waals surface area contributed by atoms with E-state index in [9.17, 15) is 31.1 Å². The van der Waals surface area contributed by atoms with Gasteiger partial charge in [0.25, 0.3) is 0 Å². The number of carbonyl (C=O) groups excluding carboxylic acids is 1. The number of alkyl halides is 6. The van der Waals surface area contributed by atoms with Crippen molar-refractivity contribution >= 4 is 11.7 Å². The Morgan fingerprint density at radius 2 is 1.36 bits per heavy atom. The Morgan fingerprint density at radius 3 is 1.91 bits per heavy atom. The fourth-order valence-electron chi connectivity index (χ4n) is 3.38. The molecule has 0 aliphatic carbocycles. The van der Waals surface area contributed by atoms with E-state index in [1.54, 1.807) is 25.1 Å². The van der Waals surface area contributed by atoms with Gasteiger partial charge in [0.1, 0.15) is 0 Å². The average molecular weight is 467 g/mol. The molecule has 3 aromatic rings. The van der Waals surface area contributed by atoms with E-state index >= 15 is 0 Å². The summed E-state index contributed by atoms with van der Waals surface area (Å²) in [4.78, 5) is 11.9. The van der Waals surface area contributed by atoms with Crippen LogP contribution in [0.1, 0.15) is 23.6 Å². The Hall–Kier alpha value is -3.49. The summed E-state index contributed by atoms with van der Waals surface area (Å²) >= 11 is 0. The summed E-state index contributed by atoms with van der Waals surface area (Å²) in [6.07, 6.45) is -9.18. The number of halogens is 6. The zero-order chi connectivity index (χ0) is 24.4. The first kappa shape index (κ1) is 24.2. The van der Waals surface area contributed by atoms with Crippen LogP contribution in [0.4, 0.5) is 32.0 Å². The van der Waals surface area contributed by atoms with Crippen LogP contribution in [0, 0.1) is 0 Å². The SMILES string of the molecule is CCOC(=O)Cc1ccc(-c2ccc(C(F)(F)F)cc2N)c(-c2ccc(C(F)(F)F)cc2)c1. The quantitative estimate of drug-likeness (QED) is 0.257. The minimum atomic E-state index is -4.58. The largest absolute Gasteiger partial charge is 0.466 e. The van der Waals surface area contributed by atoms with Gasteiger partial charge in [0.05, 0.1) is 24.2 Å². The Kier molecular flexibility index (Phi) is 6.71. The van der Waals surface area contributed by atoms with Crippen molar-refractivity contribution in [3.63, 3.8) is 0 Å². The van der Waals surface area contributed by atoms with Crippen LogP contribution in [0.2, 0.25) is 0 Å². The molecule has 0 fully saturated rings. The fourth-order valence-corrected chi connectivity index (χ4v) is 3.38. The maximum absolute atomic E-state index is 13.0. The summed E-state index contributed by atoms with van der Waals surface area (Å²) in [6, 6.07) is 12.0. The van der Waals surface area contributed by atoms with Crippen molar-refractivity contribution in [3.05, 3.63) is 77.4 Å². The first-order chi connectivity index (χ1) is 15.4. The van der Waals surface area contributed by atoms with Gasteiger partial charge >= 0.3 is 18.3 Å². The second kappa shape index (κ2) is 9.17. The summed E-state index contributed by atoms with van der Waals surface area (Å²) in [5.41, 5.74) is 6.02. The lowest BCUT2D eigenvalue weighted by atomic mass is 9.90. The number of hydrogen-bond donors (Lipinski definition) is 1. The Morgan fingerprint density at radius 1 is 0.788 bits per heavy atom. The molecule has 0 aliphatic rings. The Labute approximate surface area is 185 Å². The molecule has 2 N–H and O–H groups in total. The molecule has 0 saturated carbocycles. The smallest absolute Gasteiger partial charge is 0.416 e. The van der Waals surface area contributed by atoms with Gasteiger partial charge in [-0.05, 0) is 59.5 Å². The summed E-state index contributed by atoms with van der Waals surface area (Å²) in [5, 5.41) is 0. The second-order valence-corrected chi connectivity index (χ2v) is 7.24. The number of carbonyl (C=O) groups is 1. The number of ether oxygens (including phenoxy) is 1. The van der Waals surface area contributed by atoms with E-state index in [4.69, 9.17) is 10.5 Å². The molecule has 3 nitrogen and oxygen atoms in total. The molecule has 0 spiro atoms. The van der Waals surface area contributed by atoms with E-state index in [0.717, 1.165) is 24.3 Å². The van der Waals surface area contributed by atoms with E-state index in [0.29, 0.717) is 22.3 Å². The van der Waals surface area contributed by atoms with Crippen LogP contribution in [0.25, 0.3) is 22.3 Å². The lowest BCUT2D eigenvalue weighted by Crippen LogP contribution is -2.08. The second-order valence-electron chi connectivity index (χ2n) is 7.24. The molecular weight excluding hydrogens is 448 g/mol.